The lowest BCUT2D eigenvalue weighted by Crippen LogP contribution is -2.47. The van der Waals surface area contributed by atoms with Gasteiger partial charge in [0.1, 0.15) is 11.5 Å². The van der Waals surface area contributed by atoms with E-state index in [2.05, 4.69) is 9.89 Å². The van der Waals surface area contributed by atoms with Crippen LogP contribution in [-0.2, 0) is 9.53 Å². The average molecular weight is 403 g/mol. The monoisotopic (exact) mass is 402 g/mol. The number of halogens is 1. The third-order valence-electron chi connectivity index (χ3n) is 4.34. The molecule has 2 aliphatic heterocycles. The van der Waals surface area contributed by atoms with Crippen LogP contribution < -0.4 is 0 Å². The summed E-state index contributed by atoms with van der Waals surface area (Å²) in [6.07, 6.45) is 1.96. The minimum Gasteiger partial charge on any atom is -0.457 e. The molecule has 0 aliphatic carbocycles. The second-order valence-corrected chi connectivity index (χ2v) is 8.07. The number of aliphatic imine (C=N–C) groups is 1. The molecule has 2 atom stereocenters. The molecule has 27 heavy (non-hydrogen) atoms. The summed E-state index contributed by atoms with van der Waals surface area (Å²) in [5.74, 6) is 1.03. The standard InChI is InChI=1S/C20H19ClN2O3S/c1-12-10-23(11-13(2)25-12)20-22-19(24)18(27-20)9-14-7-8-17(26-14)15-5-3-4-6-16(15)21/h3-9,12-13H,10-11H2,1-2H3/b18-9-. The van der Waals surface area contributed by atoms with Gasteiger partial charge in [0.05, 0.1) is 22.1 Å². The number of furan rings is 1. The molecule has 0 bridgehead atoms. The number of amides is 1. The number of carbonyl (C=O) groups is 1. The zero-order valence-corrected chi connectivity index (χ0v) is 16.6. The van der Waals surface area contributed by atoms with Crippen molar-refractivity contribution in [2.75, 3.05) is 13.1 Å². The van der Waals surface area contributed by atoms with Crippen molar-refractivity contribution in [1.29, 1.82) is 0 Å². The Hall–Kier alpha value is -2.02. The third-order valence-corrected chi connectivity index (χ3v) is 5.71. The van der Waals surface area contributed by atoms with Crippen LogP contribution in [0.25, 0.3) is 17.4 Å². The molecule has 0 N–H and O–H groups in total. The van der Waals surface area contributed by atoms with Crippen LogP contribution in [0.2, 0.25) is 5.02 Å². The van der Waals surface area contributed by atoms with Crippen LogP contribution in [0.15, 0.2) is 50.7 Å². The van der Waals surface area contributed by atoms with Gasteiger partial charge in [0.2, 0.25) is 0 Å². The summed E-state index contributed by atoms with van der Waals surface area (Å²) in [6.45, 7) is 5.52. The van der Waals surface area contributed by atoms with E-state index in [1.807, 2.05) is 50.2 Å². The van der Waals surface area contributed by atoms with Crippen molar-refractivity contribution in [3.8, 4) is 11.3 Å². The van der Waals surface area contributed by atoms with E-state index in [4.69, 9.17) is 20.8 Å². The van der Waals surface area contributed by atoms with Crippen LogP contribution in [0, 0.1) is 0 Å². The molecule has 0 radical (unpaired) electrons. The SMILES string of the molecule is CC1CN(C2=NC(=O)/C(=C/c3ccc(-c4ccccc4Cl)o3)S2)CC(C)O1. The highest BCUT2D eigenvalue weighted by Gasteiger charge is 2.31. The molecule has 1 fully saturated rings. The minimum absolute atomic E-state index is 0.114. The summed E-state index contributed by atoms with van der Waals surface area (Å²) in [7, 11) is 0. The van der Waals surface area contributed by atoms with E-state index in [0.29, 0.717) is 21.4 Å². The van der Waals surface area contributed by atoms with E-state index in [-0.39, 0.29) is 18.1 Å². The van der Waals surface area contributed by atoms with E-state index in [1.165, 1.54) is 11.8 Å². The molecule has 0 spiro atoms. The maximum absolute atomic E-state index is 12.3. The fourth-order valence-electron chi connectivity index (χ4n) is 3.23. The Balaban J connectivity index is 1.51. The van der Waals surface area contributed by atoms with Crippen molar-refractivity contribution in [3.63, 3.8) is 0 Å². The van der Waals surface area contributed by atoms with Gasteiger partial charge < -0.3 is 14.1 Å². The first-order chi connectivity index (χ1) is 13.0. The number of hydrogen-bond donors (Lipinski definition) is 0. The first-order valence-corrected chi connectivity index (χ1v) is 9.97. The Bertz CT molecular complexity index is 927. The number of amidine groups is 1. The summed E-state index contributed by atoms with van der Waals surface area (Å²) in [5, 5.41) is 1.35. The second-order valence-electron chi connectivity index (χ2n) is 6.65. The van der Waals surface area contributed by atoms with E-state index in [0.717, 1.165) is 23.8 Å². The molecule has 5 nitrogen and oxygen atoms in total. The summed E-state index contributed by atoms with van der Waals surface area (Å²) < 4.78 is 11.6. The zero-order valence-electron chi connectivity index (χ0n) is 15.0. The molecular weight excluding hydrogens is 384 g/mol. The third kappa shape index (κ3) is 3.98. The average Bonchev–Trinajstić information content (AvgIpc) is 3.22. The van der Waals surface area contributed by atoms with Crippen LogP contribution in [0.3, 0.4) is 0 Å². The number of ether oxygens (including phenoxy) is 1. The molecule has 1 aromatic heterocycles. The van der Waals surface area contributed by atoms with Crippen LogP contribution in [0.4, 0.5) is 0 Å². The van der Waals surface area contributed by atoms with Gasteiger partial charge in [0.25, 0.3) is 5.91 Å². The Kier molecular flexibility index (Phi) is 5.12. The molecular formula is C20H19ClN2O3S. The van der Waals surface area contributed by atoms with Crippen molar-refractivity contribution in [3.05, 3.63) is 52.1 Å². The van der Waals surface area contributed by atoms with Gasteiger partial charge in [-0.25, -0.2) is 0 Å². The maximum Gasteiger partial charge on any atom is 0.286 e. The van der Waals surface area contributed by atoms with Gasteiger partial charge in [0.15, 0.2) is 5.17 Å². The Morgan fingerprint density at radius 3 is 2.67 bits per heavy atom. The molecule has 2 unspecified atom stereocenters. The van der Waals surface area contributed by atoms with Crippen LogP contribution in [0.1, 0.15) is 19.6 Å². The number of morpholine rings is 1. The zero-order chi connectivity index (χ0) is 19.0. The topological polar surface area (TPSA) is 55.0 Å². The summed E-state index contributed by atoms with van der Waals surface area (Å²) in [4.78, 5) is 19.2. The first kappa shape index (κ1) is 18.3. The Morgan fingerprint density at radius 1 is 1.19 bits per heavy atom. The molecule has 2 aromatic rings. The lowest BCUT2D eigenvalue weighted by Gasteiger charge is -2.35. The molecule has 1 amide bonds. The largest absolute Gasteiger partial charge is 0.457 e. The van der Waals surface area contributed by atoms with Gasteiger partial charge in [-0.05, 0) is 49.9 Å². The molecule has 7 heteroatoms. The maximum atomic E-state index is 12.3. The smallest absolute Gasteiger partial charge is 0.286 e. The molecule has 2 aliphatic rings. The number of carbonyl (C=O) groups excluding carboxylic acids is 1. The van der Waals surface area contributed by atoms with Crippen molar-refractivity contribution < 1.29 is 13.9 Å². The molecule has 1 aromatic carbocycles. The van der Waals surface area contributed by atoms with Gasteiger partial charge in [0, 0.05) is 24.7 Å². The van der Waals surface area contributed by atoms with Gasteiger partial charge in [-0.2, -0.15) is 4.99 Å². The van der Waals surface area contributed by atoms with Crippen molar-refractivity contribution in [2.45, 2.75) is 26.1 Å². The van der Waals surface area contributed by atoms with Crippen molar-refractivity contribution in [1.82, 2.24) is 4.90 Å². The highest BCUT2D eigenvalue weighted by atomic mass is 35.5. The van der Waals surface area contributed by atoms with Crippen LogP contribution in [-0.4, -0.2) is 41.3 Å². The van der Waals surface area contributed by atoms with E-state index >= 15 is 0 Å². The Labute approximate surface area is 167 Å². The highest BCUT2D eigenvalue weighted by Crippen LogP contribution is 2.34. The first-order valence-electron chi connectivity index (χ1n) is 8.77. The predicted octanol–water partition coefficient (Wildman–Crippen LogP) is 4.68. The summed E-state index contributed by atoms with van der Waals surface area (Å²) >= 11 is 7.60. The minimum atomic E-state index is -0.238. The van der Waals surface area contributed by atoms with Gasteiger partial charge >= 0.3 is 0 Å². The molecule has 1 saturated heterocycles. The van der Waals surface area contributed by atoms with E-state index < -0.39 is 0 Å². The number of thioether (sulfide) groups is 1. The lowest BCUT2D eigenvalue weighted by atomic mass is 10.2. The van der Waals surface area contributed by atoms with Gasteiger partial charge in [-0.1, -0.05) is 23.7 Å². The van der Waals surface area contributed by atoms with Crippen LogP contribution >= 0.6 is 23.4 Å². The molecule has 3 heterocycles. The second kappa shape index (κ2) is 7.54. The van der Waals surface area contributed by atoms with E-state index in [1.54, 1.807) is 6.08 Å². The molecule has 0 saturated carbocycles. The lowest BCUT2D eigenvalue weighted by molar-refractivity contribution is -0.113. The van der Waals surface area contributed by atoms with E-state index in [9.17, 15) is 4.79 Å². The number of rotatable bonds is 2. The predicted molar refractivity (Wildman–Crippen MR) is 109 cm³/mol. The van der Waals surface area contributed by atoms with Crippen molar-refractivity contribution in [2.24, 2.45) is 4.99 Å². The quantitative estimate of drug-likeness (QED) is 0.682. The number of hydrogen-bond acceptors (Lipinski definition) is 5. The number of benzene rings is 1. The summed E-state index contributed by atoms with van der Waals surface area (Å²) in [6, 6.07) is 11.2. The fraction of sp³-hybridized carbons (Fsp3) is 0.300. The van der Waals surface area contributed by atoms with Gasteiger partial charge in [-0.15, -0.1) is 0 Å². The highest BCUT2D eigenvalue weighted by molar-refractivity contribution is 8.18. The fourth-order valence-corrected chi connectivity index (χ4v) is 4.37. The normalized spacial score (nSPS) is 24.6. The van der Waals surface area contributed by atoms with Gasteiger partial charge in [-0.3, -0.25) is 4.79 Å². The Morgan fingerprint density at radius 2 is 1.93 bits per heavy atom. The number of nitrogens with zero attached hydrogens (tertiary/aromatic N) is 2. The van der Waals surface area contributed by atoms with Crippen molar-refractivity contribution >= 4 is 40.5 Å². The summed E-state index contributed by atoms with van der Waals surface area (Å²) in [5.41, 5.74) is 0.822. The molecule has 140 valence electrons. The molecule has 4 rings (SSSR count). The van der Waals surface area contributed by atoms with Crippen LogP contribution in [0.5, 0.6) is 0 Å².